The van der Waals surface area contributed by atoms with E-state index in [0.29, 0.717) is 24.3 Å². The molecule has 1 saturated heterocycles. The van der Waals surface area contributed by atoms with Gasteiger partial charge in [0.25, 0.3) is 15.9 Å². The molecule has 4 rings (SSSR count). The number of aryl methyl sites for hydroxylation is 1. The zero-order chi connectivity index (χ0) is 22.7. The molecule has 0 radical (unpaired) electrons. The van der Waals surface area contributed by atoms with Gasteiger partial charge in [-0.1, -0.05) is 12.1 Å². The van der Waals surface area contributed by atoms with E-state index in [2.05, 4.69) is 15.0 Å². The number of nitrogens with one attached hydrogen (secondary N) is 2. The van der Waals surface area contributed by atoms with Gasteiger partial charge in [-0.05, 0) is 48.9 Å². The molecule has 0 aliphatic carbocycles. The normalized spacial score (nSPS) is 16.1. The monoisotopic (exact) mass is 474 g/mol. The Labute approximate surface area is 190 Å². The molecule has 2 N–H and O–H groups in total. The van der Waals surface area contributed by atoms with Crippen LogP contribution in [0.15, 0.2) is 65.0 Å². The van der Waals surface area contributed by atoms with E-state index in [-0.39, 0.29) is 17.4 Å². The summed E-state index contributed by atoms with van der Waals surface area (Å²) in [5.74, 6) is -0.360. The lowest BCUT2D eigenvalue weighted by Crippen LogP contribution is -2.33. The van der Waals surface area contributed by atoms with Crippen LogP contribution in [0.5, 0.6) is 0 Å². The average Bonchev–Trinajstić information content (AvgIpc) is 3.38. The third-order valence-electron chi connectivity index (χ3n) is 4.78. The molecule has 0 unspecified atom stereocenters. The maximum atomic E-state index is 12.7. The lowest BCUT2D eigenvalue weighted by molar-refractivity contribution is -0.124. The Balaban J connectivity index is 0.00000306. The molecule has 1 fully saturated rings. The van der Waals surface area contributed by atoms with E-state index < -0.39 is 22.2 Å². The van der Waals surface area contributed by atoms with Gasteiger partial charge in [0.05, 0.1) is 4.90 Å². The first-order valence-electron chi connectivity index (χ1n) is 9.70. The minimum atomic E-state index is -3.78. The van der Waals surface area contributed by atoms with Crippen molar-refractivity contribution in [3.05, 3.63) is 65.7 Å². The lowest BCUT2D eigenvalue weighted by atomic mass is 10.2. The molecule has 9 nitrogen and oxygen atoms in total. The summed E-state index contributed by atoms with van der Waals surface area (Å²) in [4.78, 5) is 30.3. The maximum Gasteiger partial charge on any atom is 0.412 e. The Morgan fingerprint density at radius 2 is 2.03 bits per heavy atom. The van der Waals surface area contributed by atoms with Crippen molar-refractivity contribution in [1.82, 2.24) is 4.98 Å². The summed E-state index contributed by atoms with van der Waals surface area (Å²) in [6.45, 7) is 2.26. The molecule has 1 aromatic heterocycles. The van der Waals surface area contributed by atoms with Gasteiger partial charge in [-0.25, -0.2) is 18.2 Å². The molecule has 2 amide bonds. The fourth-order valence-electron chi connectivity index (χ4n) is 3.27. The second kappa shape index (κ2) is 8.97. The number of anilines is 3. The van der Waals surface area contributed by atoms with Crippen LogP contribution in [-0.2, 0) is 19.6 Å². The molecular formula is C21H22N4O5S2. The number of sulfonamides is 1. The quantitative estimate of drug-likeness (QED) is 0.560. The highest BCUT2D eigenvalue weighted by Crippen LogP contribution is 2.26. The highest BCUT2D eigenvalue weighted by atomic mass is 32.2. The number of ether oxygens (including phenoxy) is 1. The number of amides is 2. The van der Waals surface area contributed by atoms with Crippen molar-refractivity contribution in [3.8, 4) is 0 Å². The third-order valence-corrected chi connectivity index (χ3v) is 6.96. The first kappa shape index (κ1) is 21.8. The number of rotatable bonds is 6. The molecule has 0 bridgehead atoms. The Kier molecular flexibility index (Phi) is 6.10. The van der Waals surface area contributed by atoms with Crippen LogP contribution >= 0.6 is 11.3 Å². The number of aromatic nitrogens is 1. The minimum absolute atomic E-state index is 0. The highest BCUT2D eigenvalue weighted by Gasteiger charge is 2.35. The van der Waals surface area contributed by atoms with E-state index in [1.165, 1.54) is 34.6 Å². The van der Waals surface area contributed by atoms with E-state index >= 15 is 0 Å². The molecule has 3 aromatic rings. The van der Waals surface area contributed by atoms with Crippen molar-refractivity contribution in [1.29, 1.82) is 0 Å². The predicted molar refractivity (Wildman–Crippen MR) is 124 cm³/mol. The maximum absolute atomic E-state index is 12.7. The largest absolute Gasteiger partial charge is 0.436 e. The number of benzene rings is 2. The molecule has 2 aromatic carbocycles. The second-order valence-electron chi connectivity index (χ2n) is 7.10. The van der Waals surface area contributed by atoms with E-state index in [1.807, 2.05) is 19.1 Å². The van der Waals surface area contributed by atoms with Crippen LogP contribution in [0, 0.1) is 6.92 Å². The zero-order valence-corrected chi connectivity index (χ0v) is 18.7. The molecule has 0 saturated carbocycles. The van der Waals surface area contributed by atoms with Crippen LogP contribution in [-0.4, -0.2) is 38.1 Å². The first-order valence-corrected chi connectivity index (χ1v) is 12.1. The van der Waals surface area contributed by atoms with E-state index in [0.717, 1.165) is 5.56 Å². The SMILES string of the molecule is Cc1cccc(NC(=O)O[C@H]2CCN(c3ccc(S(=O)(=O)Nc4nccs4)cc3)C2=O)c1.[HH]. The molecule has 32 heavy (non-hydrogen) atoms. The third kappa shape index (κ3) is 4.89. The summed E-state index contributed by atoms with van der Waals surface area (Å²) in [5, 5.41) is 4.55. The number of carbonyl (C=O) groups excluding carboxylic acids is 2. The van der Waals surface area contributed by atoms with Crippen LogP contribution in [0.3, 0.4) is 0 Å². The van der Waals surface area contributed by atoms with Gasteiger partial charge in [0.1, 0.15) is 0 Å². The molecular weight excluding hydrogens is 452 g/mol. The van der Waals surface area contributed by atoms with Gasteiger partial charge in [0.2, 0.25) is 0 Å². The topological polar surface area (TPSA) is 118 Å². The molecule has 1 aliphatic heterocycles. The van der Waals surface area contributed by atoms with Crippen LogP contribution in [0.1, 0.15) is 13.4 Å². The zero-order valence-electron chi connectivity index (χ0n) is 17.0. The van der Waals surface area contributed by atoms with Gasteiger partial charge in [0, 0.05) is 37.3 Å². The minimum Gasteiger partial charge on any atom is -0.436 e. The summed E-state index contributed by atoms with van der Waals surface area (Å²) < 4.78 is 32.6. The number of hydrogen-bond donors (Lipinski definition) is 2. The Hall–Kier alpha value is -3.44. The standard InChI is InChI=1S/C21H20N4O5S2.H2/c1-14-3-2-4-15(13-14)23-21(27)30-18-9-11-25(19(18)26)16-5-7-17(8-6-16)32(28,29)24-20-22-10-12-31-20;/h2-8,10,12-13,18H,9,11H2,1H3,(H,22,24)(H,23,27);1H/t18-;/m0./s1. The fourth-order valence-corrected chi connectivity index (χ4v) is 5.06. The van der Waals surface area contributed by atoms with Crippen molar-refractivity contribution >= 4 is 49.9 Å². The van der Waals surface area contributed by atoms with Crippen molar-refractivity contribution in [2.24, 2.45) is 0 Å². The van der Waals surface area contributed by atoms with Crippen LogP contribution in [0.25, 0.3) is 0 Å². The molecule has 1 atom stereocenters. The highest BCUT2D eigenvalue weighted by molar-refractivity contribution is 7.93. The number of carbonyl (C=O) groups is 2. The van der Waals surface area contributed by atoms with E-state index in [1.54, 1.807) is 29.6 Å². The molecule has 2 heterocycles. The molecule has 168 valence electrons. The van der Waals surface area contributed by atoms with E-state index in [4.69, 9.17) is 4.74 Å². The van der Waals surface area contributed by atoms with Gasteiger partial charge in [-0.3, -0.25) is 14.8 Å². The Bertz CT molecular complexity index is 1230. The fraction of sp³-hybridized carbons (Fsp3) is 0.190. The summed E-state index contributed by atoms with van der Waals surface area (Å²) >= 11 is 1.17. The smallest absolute Gasteiger partial charge is 0.412 e. The summed E-state index contributed by atoms with van der Waals surface area (Å²) in [5.41, 5.74) is 2.09. The van der Waals surface area contributed by atoms with Gasteiger partial charge >= 0.3 is 6.09 Å². The number of thiazole rings is 1. The van der Waals surface area contributed by atoms with Gasteiger partial charge in [0.15, 0.2) is 11.2 Å². The van der Waals surface area contributed by atoms with Crippen LogP contribution in [0.4, 0.5) is 21.3 Å². The Morgan fingerprint density at radius 1 is 1.25 bits per heavy atom. The van der Waals surface area contributed by atoms with Crippen molar-refractivity contribution in [2.75, 3.05) is 21.5 Å². The lowest BCUT2D eigenvalue weighted by Gasteiger charge is -2.17. The van der Waals surface area contributed by atoms with Crippen molar-refractivity contribution < 1.29 is 24.2 Å². The number of nitrogens with zero attached hydrogens (tertiary/aromatic N) is 2. The second-order valence-corrected chi connectivity index (χ2v) is 9.68. The summed E-state index contributed by atoms with van der Waals surface area (Å²) in [7, 11) is -3.78. The van der Waals surface area contributed by atoms with Crippen molar-refractivity contribution in [2.45, 2.75) is 24.3 Å². The van der Waals surface area contributed by atoms with Crippen molar-refractivity contribution in [3.63, 3.8) is 0 Å². The Morgan fingerprint density at radius 3 is 2.72 bits per heavy atom. The van der Waals surface area contributed by atoms with Gasteiger partial charge < -0.3 is 9.64 Å². The van der Waals surface area contributed by atoms with E-state index in [9.17, 15) is 18.0 Å². The van der Waals surface area contributed by atoms with Gasteiger partial charge in [-0.15, -0.1) is 11.3 Å². The first-order chi connectivity index (χ1) is 15.3. The summed E-state index contributed by atoms with van der Waals surface area (Å²) in [6.07, 6.45) is 0.232. The predicted octanol–water partition coefficient (Wildman–Crippen LogP) is 3.85. The molecule has 11 heteroatoms. The van der Waals surface area contributed by atoms with Crippen LogP contribution in [0.2, 0.25) is 0 Å². The van der Waals surface area contributed by atoms with Crippen LogP contribution < -0.4 is 14.9 Å². The van der Waals surface area contributed by atoms with Gasteiger partial charge in [-0.2, -0.15) is 0 Å². The number of hydrogen-bond acceptors (Lipinski definition) is 7. The average molecular weight is 475 g/mol. The molecule has 0 spiro atoms. The summed E-state index contributed by atoms with van der Waals surface area (Å²) in [6, 6.07) is 13.2. The molecule has 1 aliphatic rings.